The number of rotatable bonds is 1. The van der Waals surface area contributed by atoms with E-state index in [9.17, 15) is 0 Å². The van der Waals surface area contributed by atoms with E-state index in [1.807, 2.05) is 6.07 Å². The molecule has 0 unspecified atom stereocenters. The summed E-state index contributed by atoms with van der Waals surface area (Å²) in [4.78, 5) is 4.80. The molecule has 0 bridgehead atoms. The Morgan fingerprint density at radius 2 is 1.75 bits per heavy atom. The molecule has 20 heavy (non-hydrogen) atoms. The molecule has 4 aromatic rings. The SMILES string of the molecule is Cc1c(-n2c[n+](C)c3ccccc32)[n-]c2ccccc12. The van der Waals surface area contributed by atoms with Gasteiger partial charge < -0.3 is 9.55 Å². The third kappa shape index (κ3) is 1.43. The van der Waals surface area contributed by atoms with Crippen LogP contribution in [0.25, 0.3) is 27.8 Å². The van der Waals surface area contributed by atoms with Crippen molar-refractivity contribution in [3.8, 4) is 5.82 Å². The van der Waals surface area contributed by atoms with E-state index in [4.69, 9.17) is 4.98 Å². The number of aromatic nitrogens is 3. The maximum Gasteiger partial charge on any atom is 0.126 e. The Morgan fingerprint density at radius 3 is 2.60 bits per heavy atom. The van der Waals surface area contributed by atoms with E-state index in [0.29, 0.717) is 0 Å². The minimum absolute atomic E-state index is 1.02. The summed E-state index contributed by atoms with van der Waals surface area (Å²) >= 11 is 0. The van der Waals surface area contributed by atoms with Gasteiger partial charge in [0.15, 0.2) is 0 Å². The standard InChI is InChI=1S/C17H15N3/c1-12-13-7-3-4-8-14(13)18-17(12)20-11-19(2)15-9-5-6-10-16(15)20/h3-11H,1-2H3. The molecule has 0 amide bonds. The van der Waals surface area contributed by atoms with Crippen LogP contribution in [0.4, 0.5) is 0 Å². The van der Waals surface area contributed by atoms with Gasteiger partial charge in [-0.1, -0.05) is 42.5 Å². The second-order valence-electron chi connectivity index (χ2n) is 5.16. The summed E-state index contributed by atoms with van der Waals surface area (Å²) in [6.45, 7) is 2.14. The van der Waals surface area contributed by atoms with Crippen LogP contribution in [0.2, 0.25) is 0 Å². The minimum Gasteiger partial charge on any atom is -0.435 e. The number of para-hydroxylation sites is 3. The first-order valence-electron chi connectivity index (χ1n) is 6.74. The van der Waals surface area contributed by atoms with Gasteiger partial charge in [-0.05, 0) is 35.3 Å². The highest BCUT2D eigenvalue weighted by Gasteiger charge is 2.07. The zero-order valence-electron chi connectivity index (χ0n) is 11.5. The van der Waals surface area contributed by atoms with Crippen molar-refractivity contribution >= 4 is 21.9 Å². The minimum atomic E-state index is 1.02. The summed E-state index contributed by atoms with van der Waals surface area (Å²) in [6, 6.07) is 16.7. The topological polar surface area (TPSA) is 22.9 Å². The van der Waals surface area contributed by atoms with Crippen LogP contribution in [0.5, 0.6) is 0 Å². The zero-order valence-corrected chi connectivity index (χ0v) is 11.5. The summed E-state index contributed by atoms with van der Waals surface area (Å²) in [5, 5.41) is 1.22. The summed E-state index contributed by atoms with van der Waals surface area (Å²) in [5.74, 6) is 1.02. The molecule has 0 aliphatic heterocycles. The molecule has 0 saturated heterocycles. The van der Waals surface area contributed by atoms with E-state index < -0.39 is 0 Å². The quantitative estimate of drug-likeness (QED) is 0.483. The van der Waals surface area contributed by atoms with Crippen LogP contribution in [-0.4, -0.2) is 4.57 Å². The Morgan fingerprint density at radius 1 is 1.00 bits per heavy atom. The van der Waals surface area contributed by atoms with Gasteiger partial charge in [-0.15, -0.1) is 0 Å². The predicted molar refractivity (Wildman–Crippen MR) is 80.0 cm³/mol. The zero-order chi connectivity index (χ0) is 13.7. The number of benzene rings is 2. The van der Waals surface area contributed by atoms with Crippen LogP contribution < -0.4 is 9.55 Å². The lowest BCUT2D eigenvalue weighted by atomic mass is 10.2. The highest BCUT2D eigenvalue weighted by molar-refractivity contribution is 5.87. The molecule has 4 rings (SSSR count). The number of hydrogen-bond donors (Lipinski definition) is 0. The van der Waals surface area contributed by atoms with Crippen molar-refractivity contribution in [3.63, 3.8) is 0 Å². The molecule has 2 aromatic carbocycles. The largest absolute Gasteiger partial charge is 0.435 e. The molecule has 0 spiro atoms. The number of fused-ring (bicyclic) bond motifs is 2. The Hall–Kier alpha value is -2.55. The number of hydrogen-bond acceptors (Lipinski definition) is 0. The van der Waals surface area contributed by atoms with E-state index >= 15 is 0 Å². The van der Waals surface area contributed by atoms with Crippen molar-refractivity contribution < 1.29 is 4.57 Å². The lowest BCUT2D eigenvalue weighted by Gasteiger charge is -2.11. The van der Waals surface area contributed by atoms with Gasteiger partial charge in [0.1, 0.15) is 5.52 Å². The molecule has 3 nitrogen and oxygen atoms in total. The van der Waals surface area contributed by atoms with Crippen molar-refractivity contribution in [1.82, 2.24) is 9.55 Å². The lowest BCUT2D eigenvalue weighted by molar-refractivity contribution is -0.645. The van der Waals surface area contributed by atoms with Crippen molar-refractivity contribution in [2.75, 3.05) is 0 Å². The molecule has 3 heteroatoms. The van der Waals surface area contributed by atoms with E-state index in [1.165, 1.54) is 22.0 Å². The fraction of sp³-hybridized carbons (Fsp3) is 0.118. The number of nitrogens with zero attached hydrogens (tertiary/aromatic N) is 3. The molecule has 0 N–H and O–H groups in total. The van der Waals surface area contributed by atoms with Crippen molar-refractivity contribution in [2.24, 2.45) is 7.05 Å². The van der Waals surface area contributed by atoms with E-state index in [1.54, 1.807) is 0 Å². The smallest absolute Gasteiger partial charge is 0.126 e. The van der Waals surface area contributed by atoms with E-state index in [2.05, 4.69) is 71.9 Å². The van der Waals surface area contributed by atoms with Gasteiger partial charge in [0.05, 0.1) is 13.4 Å². The second-order valence-corrected chi connectivity index (χ2v) is 5.16. The summed E-state index contributed by atoms with van der Waals surface area (Å²) in [6.07, 6.45) is 2.10. The molecule has 0 aliphatic carbocycles. The average Bonchev–Trinajstić information content (AvgIpc) is 2.99. The molecular weight excluding hydrogens is 246 g/mol. The first-order chi connectivity index (χ1) is 9.75. The van der Waals surface area contributed by atoms with E-state index in [-0.39, 0.29) is 0 Å². The molecule has 0 saturated carbocycles. The lowest BCUT2D eigenvalue weighted by Crippen LogP contribution is -2.25. The highest BCUT2D eigenvalue weighted by Crippen LogP contribution is 2.25. The second kappa shape index (κ2) is 3.97. The highest BCUT2D eigenvalue weighted by atomic mass is 15.2. The van der Waals surface area contributed by atoms with Crippen LogP contribution >= 0.6 is 0 Å². The summed E-state index contributed by atoms with van der Waals surface area (Å²) in [7, 11) is 2.07. The van der Waals surface area contributed by atoms with Crippen molar-refractivity contribution in [2.45, 2.75) is 6.92 Å². The van der Waals surface area contributed by atoms with Gasteiger partial charge in [0, 0.05) is 5.52 Å². The monoisotopic (exact) mass is 261 g/mol. The Kier molecular flexibility index (Phi) is 2.24. The maximum absolute atomic E-state index is 4.80. The van der Waals surface area contributed by atoms with Gasteiger partial charge in [-0.25, -0.2) is 0 Å². The normalized spacial score (nSPS) is 11.5. The molecule has 0 fully saturated rings. The third-order valence-electron chi connectivity index (χ3n) is 3.91. The molecule has 0 atom stereocenters. The van der Waals surface area contributed by atoms with Crippen LogP contribution in [0.1, 0.15) is 5.56 Å². The fourth-order valence-electron chi connectivity index (χ4n) is 2.87. The first kappa shape index (κ1) is 11.3. The average molecular weight is 261 g/mol. The van der Waals surface area contributed by atoms with Gasteiger partial charge in [-0.2, -0.15) is 0 Å². The van der Waals surface area contributed by atoms with Crippen LogP contribution in [0.15, 0.2) is 54.9 Å². The molecular formula is C17H15N3. The van der Waals surface area contributed by atoms with Gasteiger partial charge in [-0.3, -0.25) is 4.57 Å². The predicted octanol–water partition coefficient (Wildman–Crippen LogP) is 2.87. The summed E-state index contributed by atoms with van der Waals surface area (Å²) in [5.41, 5.74) is 4.67. The van der Waals surface area contributed by atoms with Crippen LogP contribution in [0, 0.1) is 6.92 Å². The molecule has 0 aliphatic rings. The van der Waals surface area contributed by atoms with E-state index in [0.717, 1.165) is 11.3 Å². The van der Waals surface area contributed by atoms with Crippen molar-refractivity contribution in [1.29, 1.82) is 0 Å². The van der Waals surface area contributed by atoms with Gasteiger partial charge in [0.25, 0.3) is 0 Å². The molecule has 0 radical (unpaired) electrons. The first-order valence-corrected chi connectivity index (χ1v) is 6.74. The van der Waals surface area contributed by atoms with Crippen molar-refractivity contribution in [3.05, 3.63) is 60.4 Å². The Bertz CT molecular complexity index is 928. The van der Waals surface area contributed by atoms with Crippen LogP contribution in [-0.2, 0) is 7.05 Å². The molecule has 2 aromatic heterocycles. The molecule has 2 heterocycles. The number of aryl methyl sites for hydroxylation is 2. The maximum atomic E-state index is 4.80. The van der Waals surface area contributed by atoms with Gasteiger partial charge in [0.2, 0.25) is 0 Å². The number of imidazole rings is 1. The fourth-order valence-corrected chi connectivity index (χ4v) is 2.87. The Labute approximate surface area is 117 Å². The van der Waals surface area contributed by atoms with Gasteiger partial charge >= 0.3 is 0 Å². The third-order valence-corrected chi connectivity index (χ3v) is 3.91. The van der Waals surface area contributed by atoms with Crippen LogP contribution in [0.3, 0.4) is 0 Å². The summed E-state index contributed by atoms with van der Waals surface area (Å²) < 4.78 is 4.30. The Balaban J connectivity index is 2.09. The molecule has 98 valence electrons.